The Morgan fingerprint density at radius 1 is 1.39 bits per heavy atom. The Kier molecular flexibility index (Phi) is 5.55. The first kappa shape index (κ1) is 15.4. The Balaban J connectivity index is 2.96. The summed E-state index contributed by atoms with van der Waals surface area (Å²) in [5, 5.41) is 10.5. The summed E-state index contributed by atoms with van der Waals surface area (Å²) >= 11 is 5.93. The Bertz CT molecular complexity index is 492. The lowest BCUT2D eigenvalue weighted by Gasteiger charge is -2.23. The van der Waals surface area contributed by atoms with E-state index in [1.807, 2.05) is 11.6 Å². The Hall–Kier alpha value is -0.660. The first-order valence-electron chi connectivity index (χ1n) is 5.52. The molecule has 0 saturated heterocycles. The maximum atomic E-state index is 10.8. The Labute approximate surface area is 112 Å². The molecule has 18 heavy (non-hydrogen) atoms. The predicted molar refractivity (Wildman–Crippen MR) is 69.8 cm³/mol. The molecule has 2 atom stereocenters. The van der Waals surface area contributed by atoms with Crippen LogP contribution in [0.4, 0.5) is 0 Å². The van der Waals surface area contributed by atoms with Crippen molar-refractivity contribution in [2.45, 2.75) is 31.9 Å². The van der Waals surface area contributed by atoms with Crippen LogP contribution in [0.2, 0.25) is 5.02 Å². The Morgan fingerprint density at radius 2 is 2.00 bits per heavy atom. The predicted octanol–water partition coefficient (Wildman–Crippen LogP) is 1.93. The van der Waals surface area contributed by atoms with E-state index < -0.39 is 22.4 Å². The molecule has 0 unspecified atom stereocenters. The summed E-state index contributed by atoms with van der Waals surface area (Å²) in [5.41, 5.74) is 0.425. The third kappa shape index (κ3) is 4.55. The van der Waals surface area contributed by atoms with Gasteiger partial charge in [0.15, 0.2) is 0 Å². The van der Waals surface area contributed by atoms with Crippen LogP contribution in [-0.4, -0.2) is 24.1 Å². The van der Waals surface area contributed by atoms with Gasteiger partial charge < -0.3 is 5.11 Å². The van der Waals surface area contributed by atoms with Crippen molar-refractivity contribution in [1.29, 1.82) is 0 Å². The standard InChI is InChI=1S/C11H16ClNO4S/c1-2-5-10(13-18(15,16)17)11(14)8-6-3-4-7-9(8)12/h3-4,6-7,10-11,13-14H,2,5H2,1H3,(H,15,16,17)/t10-,11-/m0/s1. The molecule has 1 aromatic rings. The largest absolute Gasteiger partial charge is 0.387 e. The number of hydrogen-bond donors (Lipinski definition) is 3. The lowest BCUT2D eigenvalue weighted by atomic mass is 9.99. The highest BCUT2D eigenvalue weighted by molar-refractivity contribution is 7.83. The van der Waals surface area contributed by atoms with E-state index >= 15 is 0 Å². The molecule has 0 radical (unpaired) electrons. The fourth-order valence-corrected chi connectivity index (χ4v) is 2.59. The summed E-state index contributed by atoms with van der Waals surface area (Å²) in [6.45, 7) is 1.85. The minimum atomic E-state index is -4.36. The molecule has 1 rings (SSSR count). The molecule has 0 fully saturated rings. The fraction of sp³-hybridized carbons (Fsp3) is 0.455. The van der Waals surface area contributed by atoms with Crippen molar-refractivity contribution in [3.63, 3.8) is 0 Å². The molecule has 0 amide bonds. The average Bonchev–Trinajstić information content (AvgIpc) is 2.26. The molecule has 3 N–H and O–H groups in total. The van der Waals surface area contributed by atoms with Gasteiger partial charge in [0.05, 0.1) is 12.1 Å². The van der Waals surface area contributed by atoms with Crippen molar-refractivity contribution in [1.82, 2.24) is 4.72 Å². The molecule has 0 aromatic heterocycles. The molecule has 0 aliphatic carbocycles. The molecule has 0 heterocycles. The second-order valence-electron chi connectivity index (χ2n) is 3.95. The van der Waals surface area contributed by atoms with Crippen molar-refractivity contribution in [3.8, 4) is 0 Å². The minimum Gasteiger partial charge on any atom is -0.387 e. The Morgan fingerprint density at radius 3 is 2.50 bits per heavy atom. The van der Waals surface area contributed by atoms with Crippen molar-refractivity contribution in [3.05, 3.63) is 34.9 Å². The SMILES string of the molecule is CCC[C@H](NS(=O)(=O)O)[C@@H](O)c1ccccc1Cl. The van der Waals surface area contributed by atoms with Gasteiger partial charge in [-0.2, -0.15) is 13.1 Å². The number of benzene rings is 1. The molecule has 102 valence electrons. The van der Waals surface area contributed by atoms with E-state index in [9.17, 15) is 13.5 Å². The van der Waals surface area contributed by atoms with Gasteiger partial charge in [-0.05, 0) is 12.5 Å². The maximum Gasteiger partial charge on any atom is 0.333 e. The van der Waals surface area contributed by atoms with Crippen LogP contribution in [0.1, 0.15) is 31.4 Å². The molecule has 1 aromatic carbocycles. The van der Waals surface area contributed by atoms with Gasteiger partial charge in [-0.3, -0.25) is 4.55 Å². The zero-order valence-electron chi connectivity index (χ0n) is 9.88. The zero-order valence-corrected chi connectivity index (χ0v) is 11.4. The van der Waals surface area contributed by atoms with Gasteiger partial charge >= 0.3 is 10.3 Å². The van der Waals surface area contributed by atoms with Crippen molar-refractivity contribution >= 4 is 21.9 Å². The van der Waals surface area contributed by atoms with Crippen LogP contribution in [0.3, 0.4) is 0 Å². The number of halogens is 1. The second kappa shape index (κ2) is 6.49. The van der Waals surface area contributed by atoms with Crippen molar-refractivity contribution in [2.75, 3.05) is 0 Å². The van der Waals surface area contributed by atoms with E-state index in [2.05, 4.69) is 0 Å². The van der Waals surface area contributed by atoms with Gasteiger partial charge in [0.25, 0.3) is 0 Å². The number of aliphatic hydroxyl groups is 1. The van der Waals surface area contributed by atoms with E-state index in [-0.39, 0.29) is 0 Å². The van der Waals surface area contributed by atoms with Crippen LogP contribution < -0.4 is 4.72 Å². The highest BCUT2D eigenvalue weighted by Crippen LogP contribution is 2.26. The van der Waals surface area contributed by atoms with E-state index in [1.54, 1.807) is 24.3 Å². The molecular formula is C11H16ClNO4S. The molecule has 0 spiro atoms. The lowest BCUT2D eigenvalue weighted by Crippen LogP contribution is -2.38. The first-order valence-corrected chi connectivity index (χ1v) is 7.34. The van der Waals surface area contributed by atoms with Gasteiger partial charge in [0.1, 0.15) is 0 Å². The van der Waals surface area contributed by atoms with E-state index in [4.69, 9.17) is 16.2 Å². The fourth-order valence-electron chi connectivity index (χ4n) is 1.72. The average molecular weight is 294 g/mol. The van der Waals surface area contributed by atoms with Crippen LogP contribution in [0, 0.1) is 0 Å². The zero-order chi connectivity index (χ0) is 13.8. The molecular weight excluding hydrogens is 278 g/mol. The van der Waals surface area contributed by atoms with Gasteiger partial charge in [0, 0.05) is 10.6 Å². The van der Waals surface area contributed by atoms with Crippen LogP contribution in [-0.2, 0) is 10.3 Å². The lowest BCUT2D eigenvalue weighted by molar-refractivity contribution is 0.133. The number of rotatable bonds is 6. The van der Waals surface area contributed by atoms with Crippen LogP contribution in [0.5, 0.6) is 0 Å². The summed E-state index contributed by atoms with van der Waals surface area (Å²) in [6.07, 6.45) is -0.0819. The van der Waals surface area contributed by atoms with Crippen LogP contribution in [0.25, 0.3) is 0 Å². The van der Waals surface area contributed by atoms with Crippen LogP contribution in [0.15, 0.2) is 24.3 Å². The highest BCUT2D eigenvalue weighted by atomic mass is 35.5. The van der Waals surface area contributed by atoms with Gasteiger partial charge in [-0.1, -0.05) is 43.1 Å². The highest BCUT2D eigenvalue weighted by Gasteiger charge is 2.25. The molecule has 0 aliphatic rings. The number of hydrogen-bond acceptors (Lipinski definition) is 3. The summed E-state index contributed by atoms with van der Waals surface area (Å²) in [5.74, 6) is 0. The van der Waals surface area contributed by atoms with E-state index in [1.165, 1.54) is 0 Å². The van der Waals surface area contributed by atoms with E-state index in [0.717, 1.165) is 0 Å². The number of aliphatic hydroxyl groups excluding tert-OH is 1. The third-order valence-corrected chi connectivity index (χ3v) is 3.45. The van der Waals surface area contributed by atoms with Crippen molar-refractivity contribution in [2.24, 2.45) is 0 Å². The van der Waals surface area contributed by atoms with Crippen molar-refractivity contribution < 1.29 is 18.1 Å². The quantitative estimate of drug-likeness (QED) is 0.700. The van der Waals surface area contributed by atoms with Gasteiger partial charge in [0.2, 0.25) is 0 Å². The second-order valence-corrected chi connectivity index (χ2v) is 5.55. The van der Waals surface area contributed by atoms with Gasteiger partial charge in [-0.15, -0.1) is 0 Å². The summed E-state index contributed by atoms with van der Waals surface area (Å²) in [4.78, 5) is 0. The summed E-state index contributed by atoms with van der Waals surface area (Å²) in [7, 11) is -4.36. The topological polar surface area (TPSA) is 86.6 Å². The maximum absolute atomic E-state index is 10.8. The monoisotopic (exact) mass is 293 g/mol. The first-order chi connectivity index (χ1) is 8.35. The molecule has 5 nitrogen and oxygen atoms in total. The number of nitrogens with one attached hydrogen (secondary N) is 1. The van der Waals surface area contributed by atoms with E-state index in [0.29, 0.717) is 23.4 Å². The summed E-state index contributed by atoms with van der Waals surface area (Å²) in [6, 6.07) is 5.81. The molecule has 0 bridgehead atoms. The van der Waals surface area contributed by atoms with Gasteiger partial charge in [-0.25, -0.2) is 0 Å². The third-order valence-electron chi connectivity index (χ3n) is 2.50. The minimum absolute atomic E-state index is 0.350. The van der Waals surface area contributed by atoms with Crippen LogP contribution >= 0.6 is 11.6 Å². The molecule has 7 heteroatoms. The normalized spacial score (nSPS) is 15.3. The molecule has 0 saturated carbocycles. The summed E-state index contributed by atoms with van der Waals surface area (Å²) < 4.78 is 32.5. The molecule has 0 aliphatic heterocycles. The smallest absolute Gasteiger partial charge is 0.333 e.